The molecule has 0 radical (unpaired) electrons. The Morgan fingerprint density at radius 2 is 1.80 bits per heavy atom. The third kappa shape index (κ3) is 4.90. The van der Waals surface area contributed by atoms with Crippen LogP contribution in [0.5, 0.6) is 5.75 Å². The molecule has 0 aliphatic carbocycles. The van der Waals surface area contributed by atoms with E-state index in [1.165, 1.54) is 24.4 Å². The molecule has 0 aliphatic heterocycles. The van der Waals surface area contributed by atoms with Gasteiger partial charge in [-0.25, -0.2) is 0 Å². The lowest BCUT2D eigenvalue weighted by Crippen LogP contribution is -2.26. The first-order valence-corrected chi connectivity index (χ1v) is 8.55. The number of carbonyl (C=O) groups is 1. The van der Waals surface area contributed by atoms with Gasteiger partial charge in [-0.05, 0) is 40.2 Å². The molecule has 1 amide bonds. The average Bonchev–Trinajstić information content (AvgIpc) is 2.72. The fourth-order valence-corrected chi connectivity index (χ4v) is 2.62. The summed E-state index contributed by atoms with van der Waals surface area (Å²) < 4.78 is 44.4. The molecule has 2 aromatic carbocycles. The zero-order chi connectivity index (χ0) is 21.7. The summed E-state index contributed by atoms with van der Waals surface area (Å²) >= 11 is 0. The van der Waals surface area contributed by atoms with Gasteiger partial charge < -0.3 is 20.2 Å². The number of aromatic nitrogens is 1. The number of hydrogen-bond acceptors (Lipinski definition) is 5. The van der Waals surface area contributed by atoms with Gasteiger partial charge in [0, 0.05) is 11.3 Å². The number of benzene rings is 2. The van der Waals surface area contributed by atoms with Crippen molar-refractivity contribution in [2.24, 2.45) is 0 Å². The van der Waals surface area contributed by atoms with Crippen molar-refractivity contribution in [3.8, 4) is 5.75 Å². The van der Waals surface area contributed by atoms with Crippen molar-refractivity contribution >= 4 is 17.4 Å². The number of ether oxygens (including phenoxy) is 1. The number of nitrogens with one attached hydrogen (secondary N) is 1. The lowest BCUT2D eigenvalue weighted by atomic mass is 10.1. The molecule has 0 saturated heterocycles. The lowest BCUT2D eigenvalue weighted by Gasteiger charge is -2.19. The number of halogens is 3. The Labute approximate surface area is 168 Å². The first-order chi connectivity index (χ1) is 14.3. The Hall–Kier alpha value is -3.95. The number of nitrogens with zero attached hydrogens (tertiary/aromatic N) is 2. The molecule has 3 rings (SSSR count). The number of carbonyl (C=O) groups excluding carboxylic acids is 1. The third-order valence-electron chi connectivity index (χ3n) is 3.97. The van der Waals surface area contributed by atoms with Gasteiger partial charge in [-0.3, -0.25) is 4.79 Å². The Morgan fingerprint density at radius 1 is 1.07 bits per heavy atom. The van der Waals surface area contributed by atoms with Crippen LogP contribution in [0.15, 0.2) is 72.9 Å². The first kappa shape index (κ1) is 20.8. The van der Waals surface area contributed by atoms with Crippen LogP contribution in [0, 0.1) is 10.1 Å². The summed E-state index contributed by atoms with van der Waals surface area (Å²) in [6.07, 6.45) is -4.75. The Bertz CT molecular complexity index is 1060. The van der Waals surface area contributed by atoms with Gasteiger partial charge in [0.15, 0.2) is 0 Å². The molecule has 1 aromatic heterocycles. The summed E-state index contributed by atoms with van der Waals surface area (Å²) in [5, 5.41) is 13.6. The normalized spacial score (nSPS) is 12.1. The molecule has 1 heterocycles. The summed E-state index contributed by atoms with van der Waals surface area (Å²) in [6.45, 7) is 0. The largest absolute Gasteiger partial charge is 0.467 e. The zero-order valence-corrected chi connectivity index (χ0v) is 15.2. The van der Waals surface area contributed by atoms with Gasteiger partial charge in [0.2, 0.25) is 11.9 Å². The van der Waals surface area contributed by atoms with E-state index in [1.54, 1.807) is 30.3 Å². The SMILES string of the molecule is O=C(Nc1cccc(C(F)(F)F)c1)C(Oc1cccnc1[N+](=O)[O-])c1ccccc1. The van der Waals surface area contributed by atoms with Gasteiger partial charge in [-0.15, -0.1) is 0 Å². The van der Waals surface area contributed by atoms with Crippen LogP contribution in [-0.2, 0) is 11.0 Å². The van der Waals surface area contributed by atoms with Gasteiger partial charge in [0.05, 0.1) is 5.56 Å². The van der Waals surface area contributed by atoms with Gasteiger partial charge in [-0.2, -0.15) is 13.2 Å². The molecule has 1 atom stereocenters. The first-order valence-electron chi connectivity index (χ1n) is 8.55. The summed E-state index contributed by atoms with van der Waals surface area (Å²) in [7, 11) is 0. The van der Waals surface area contributed by atoms with Crippen LogP contribution >= 0.6 is 0 Å². The highest BCUT2D eigenvalue weighted by atomic mass is 19.4. The second-order valence-corrected chi connectivity index (χ2v) is 6.06. The van der Waals surface area contributed by atoms with E-state index >= 15 is 0 Å². The minimum atomic E-state index is -4.58. The molecular formula is C20H14F3N3O4. The van der Waals surface area contributed by atoms with Crippen LogP contribution in [0.4, 0.5) is 24.7 Å². The van der Waals surface area contributed by atoms with E-state index in [0.717, 1.165) is 18.2 Å². The minimum absolute atomic E-state index is 0.0972. The van der Waals surface area contributed by atoms with Crippen molar-refractivity contribution < 1.29 is 27.6 Å². The van der Waals surface area contributed by atoms with Crippen LogP contribution < -0.4 is 10.1 Å². The van der Waals surface area contributed by atoms with E-state index in [9.17, 15) is 28.1 Å². The number of amides is 1. The smallest absolute Gasteiger partial charge is 0.416 e. The van der Waals surface area contributed by atoms with E-state index in [1.807, 2.05) is 0 Å². The molecule has 0 bridgehead atoms. The molecule has 1 unspecified atom stereocenters. The van der Waals surface area contributed by atoms with Crippen LogP contribution in [0.3, 0.4) is 0 Å². The predicted molar refractivity (Wildman–Crippen MR) is 101 cm³/mol. The molecule has 0 spiro atoms. The highest BCUT2D eigenvalue weighted by Crippen LogP contribution is 2.32. The molecule has 7 nitrogen and oxygen atoms in total. The summed E-state index contributed by atoms with van der Waals surface area (Å²) in [4.78, 5) is 26.9. The number of anilines is 1. The molecule has 0 aliphatic rings. The van der Waals surface area contributed by atoms with E-state index < -0.39 is 34.5 Å². The van der Waals surface area contributed by atoms with Crippen molar-refractivity contribution in [1.82, 2.24) is 4.98 Å². The van der Waals surface area contributed by atoms with E-state index in [2.05, 4.69) is 10.3 Å². The van der Waals surface area contributed by atoms with Crippen molar-refractivity contribution in [1.29, 1.82) is 0 Å². The predicted octanol–water partition coefficient (Wildman–Crippen LogP) is 4.77. The Balaban J connectivity index is 1.92. The average molecular weight is 417 g/mol. The molecule has 10 heteroatoms. The van der Waals surface area contributed by atoms with Crippen LogP contribution in [-0.4, -0.2) is 15.8 Å². The second-order valence-electron chi connectivity index (χ2n) is 6.06. The van der Waals surface area contributed by atoms with Crippen molar-refractivity contribution in [2.75, 3.05) is 5.32 Å². The molecule has 0 fully saturated rings. The summed E-state index contributed by atoms with van der Waals surface area (Å²) in [5.41, 5.74) is -0.680. The topological polar surface area (TPSA) is 94.4 Å². The fourth-order valence-electron chi connectivity index (χ4n) is 2.62. The summed E-state index contributed by atoms with van der Waals surface area (Å²) in [5.74, 6) is -1.65. The Morgan fingerprint density at radius 3 is 2.47 bits per heavy atom. The molecule has 30 heavy (non-hydrogen) atoms. The van der Waals surface area contributed by atoms with Crippen molar-refractivity contribution in [3.05, 3.63) is 94.2 Å². The molecule has 154 valence electrons. The highest BCUT2D eigenvalue weighted by molar-refractivity contribution is 5.95. The van der Waals surface area contributed by atoms with Gasteiger partial charge in [-0.1, -0.05) is 36.4 Å². The third-order valence-corrected chi connectivity index (χ3v) is 3.97. The maximum Gasteiger partial charge on any atom is 0.416 e. The fraction of sp³-hybridized carbons (Fsp3) is 0.100. The number of hydrogen-bond donors (Lipinski definition) is 1. The standard InChI is InChI=1S/C20H14F3N3O4/c21-20(22,23)14-8-4-9-15(12-14)25-19(27)17(13-6-2-1-3-7-13)30-16-10-5-11-24-18(16)26(28)29/h1-12,17H,(H,25,27). The number of alkyl halides is 3. The molecule has 1 N–H and O–H groups in total. The highest BCUT2D eigenvalue weighted by Gasteiger charge is 2.31. The summed E-state index contributed by atoms with van der Waals surface area (Å²) in [6, 6.07) is 14.8. The van der Waals surface area contributed by atoms with Gasteiger partial charge >= 0.3 is 12.0 Å². The number of rotatable bonds is 6. The van der Waals surface area contributed by atoms with Crippen LogP contribution in [0.1, 0.15) is 17.2 Å². The van der Waals surface area contributed by atoms with Crippen molar-refractivity contribution in [3.63, 3.8) is 0 Å². The minimum Gasteiger partial charge on any atom is -0.467 e. The second kappa shape index (κ2) is 8.60. The van der Waals surface area contributed by atoms with E-state index in [0.29, 0.717) is 5.56 Å². The van der Waals surface area contributed by atoms with E-state index in [4.69, 9.17) is 4.74 Å². The molecular weight excluding hydrogens is 403 g/mol. The van der Waals surface area contributed by atoms with Crippen molar-refractivity contribution in [2.45, 2.75) is 12.3 Å². The quantitative estimate of drug-likeness (QED) is 0.461. The van der Waals surface area contributed by atoms with Crippen LogP contribution in [0.2, 0.25) is 0 Å². The number of nitro groups is 1. The van der Waals surface area contributed by atoms with Gasteiger partial charge in [0.25, 0.3) is 5.91 Å². The Kier molecular flexibility index (Phi) is 5.95. The monoisotopic (exact) mass is 417 g/mol. The number of pyridine rings is 1. The van der Waals surface area contributed by atoms with Crippen LogP contribution in [0.25, 0.3) is 0 Å². The van der Waals surface area contributed by atoms with E-state index in [-0.39, 0.29) is 11.4 Å². The lowest BCUT2D eigenvalue weighted by molar-refractivity contribution is -0.390. The van der Waals surface area contributed by atoms with Gasteiger partial charge in [0.1, 0.15) is 6.20 Å². The maximum atomic E-state index is 12.9. The maximum absolute atomic E-state index is 12.9. The zero-order valence-electron chi connectivity index (χ0n) is 15.2. The molecule has 0 saturated carbocycles. The molecule has 3 aromatic rings.